The van der Waals surface area contributed by atoms with Gasteiger partial charge in [-0.1, -0.05) is 30.2 Å². The lowest BCUT2D eigenvalue weighted by molar-refractivity contribution is -0.0308. The molecule has 0 aliphatic heterocycles. The van der Waals surface area contributed by atoms with Crippen LogP contribution in [0, 0.1) is 5.41 Å². The van der Waals surface area contributed by atoms with E-state index >= 15 is 0 Å². The molecule has 0 amide bonds. The number of benzene rings is 1. The van der Waals surface area contributed by atoms with Gasteiger partial charge in [0.05, 0.1) is 6.61 Å². The number of hydrogen-bond acceptors (Lipinski definition) is 2. The van der Waals surface area contributed by atoms with Crippen molar-refractivity contribution < 1.29 is 5.11 Å². The minimum atomic E-state index is 0.0390. The molecule has 1 aliphatic carbocycles. The summed E-state index contributed by atoms with van der Waals surface area (Å²) in [7, 11) is 4.16. The predicted molar refractivity (Wildman–Crippen MR) is 71.2 cm³/mol. The average molecular weight is 254 g/mol. The molecular weight excluding hydrogens is 234 g/mol. The van der Waals surface area contributed by atoms with Crippen molar-refractivity contribution in [3.05, 3.63) is 34.9 Å². The van der Waals surface area contributed by atoms with Gasteiger partial charge in [-0.3, -0.25) is 0 Å². The fourth-order valence-corrected chi connectivity index (χ4v) is 3.12. The van der Waals surface area contributed by atoms with E-state index in [9.17, 15) is 5.11 Å². The quantitative estimate of drug-likeness (QED) is 0.891. The van der Waals surface area contributed by atoms with Crippen molar-refractivity contribution in [1.29, 1.82) is 0 Å². The number of aliphatic hydroxyl groups is 1. The zero-order valence-electron chi connectivity index (χ0n) is 10.5. The fourth-order valence-electron chi connectivity index (χ4n) is 2.99. The molecular formula is C14H20ClNO. The van der Waals surface area contributed by atoms with Crippen LogP contribution in [0.1, 0.15) is 30.9 Å². The van der Waals surface area contributed by atoms with E-state index in [0.717, 1.165) is 17.9 Å². The summed E-state index contributed by atoms with van der Waals surface area (Å²) in [5.74, 6) is 0. The van der Waals surface area contributed by atoms with Crippen molar-refractivity contribution in [2.75, 3.05) is 20.7 Å². The summed E-state index contributed by atoms with van der Waals surface area (Å²) in [5.41, 5.74) is 1.28. The van der Waals surface area contributed by atoms with Crippen LogP contribution >= 0.6 is 11.6 Å². The summed E-state index contributed by atoms with van der Waals surface area (Å²) < 4.78 is 0. The normalized spacial score (nSPS) is 20.1. The van der Waals surface area contributed by atoms with E-state index in [4.69, 9.17) is 11.6 Å². The molecule has 1 saturated carbocycles. The summed E-state index contributed by atoms with van der Waals surface area (Å²) in [6.45, 7) is 0.262. The molecule has 0 spiro atoms. The highest BCUT2D eigenvalue weighted by molar-refractivity contribution is 6.30. The summed E-state index contributed by atoms with van der Waals surface area (Å²) in [6.07, 6.45) is 3.43. The third-order valence-corrected chi connectivity index (χ3v) is 4.20. The zero-order chi connectivity index (χ0) is 12.5. The molecule has 0 bridgehead atoms. The van der Waals surface area contributed by atoms with Gasteiger partial charge in [0.25, 0.3) is 0 Å². The second kappa shape index (κ2) is 4.97. The minimum absolute atomic E-state index is 0.0390. The Kier molecular flexibility index (Phi) is 3.76. The second-order valence-electron chi connectivity index (χ2n) is 5.29. The highest BCUT2D eigenvalue weighted by atomic mass is 35.5. The smallest absolute Gasteiger partial charge is 0.0505 e. The van der Waals surface area contributed by atoms with Crippen LogP contribution in [-0.4, -0.2) is 30.7 Å². The average Bonchev–Trinajstić information content (AvgIpc) is 2.24. The molecule has 3 heteroatoms. The van der Waals surface area contributed by atoms with Crippen molar-refractivity contribution in [3.63, 3.8) is 0 Å². The Morgan fingerprint density at radius 2 is 1.88 bits per heavy atom. The van der Waals surface area contributed by atoms with Gasteiger partial charge in [0.2, 0.25) is 0 Å². The Morgan fingerprint density at radius 3 is 2.24 bits per heavy atom. The van der Waals surface area contributed by atoms with Crippen LogP contribution in [0.3, 0.4) is 0 Å². The lowest BCUT2D eigenvalue weighted by Gasteiger charge is -2.49. The van der Waals surface area contributed by atoms with Crippen molar-refractivity contribution in [2.24, 2.45) is 5.41 Å². The van der Waals surface area contributed by atoms with E-state index in [2.05, 4.69) is 31.1 Å². The summed E-state index contributed by atoms with van der Waals surface area (Å²) in [4.78, 5) is 2.21. The minimum Gasteiger partial charge on any atom is -0.396 e. The standard InChI is InChI=1S/C14H20ClNO/c1-16(2)13(14(10-17)8-3-9-14)11-4-6-12(15)7-5-11/h4-7,13,17H,3,8-10H2,1-2H3. The lowest BCUT2D eigenvalue weighted by atomic mass is 9.62. The number of hydrogen-bond donors (Lipinski definition) is 1. The maximum Gasteiger partial charge on any atom is 0.0505 e. The maximum atomic E-state index is 9.72. The van der Waals surface area contributed by atoms with E-state index in [0.29, 0.717) is 0 Å². The van der Waals surface area contributed by atoms with Crippen molar-refractivity contribution in [1.82, 2.24) is 4.90 Å². The molecule has 0 aromatic heterocycles. The Balaban J connectivity index is 2.32. The highest BCUT2D eigenvalue weighted by Gasteiger charge is 2.45. The lowest BCUT2D eigenvalue weighted by Crippen LogP contribution is -2.45. The maximum absolute atomic E-state index is 9.72. The third kappa shape index (κ3) is 2.35. The molecule has 0 radical (unpaired) electrons. The molecule has 2 rings (SSSR count). The summed E-state index contributed by atoms with van der Waals surface area (Å²) in [6, 6.07) is 8.28. The molecule has 1 aromatic rings. The first-order chi connectivity index (χ1) is 8.09. The van der Waals surface area contributed by atoms with Crippen LogP contribution in [0.25, 0.3) is 0 Å². The van der Waals surface area contributed by atoms with Gasteiger partial charge in [0, 0.05) is 16.5 Å². The molecule has 1 fully saturated rings. The molecule has 1 unspecified atom stereocenters. The van der Waals surface area contributed by atoms with E-state index < -0.39 is 0 Å². The van der Waals surface area contributed by atoms with Gasteiger partial charge in [-0.05, 0) is 44.6 Å². The second-order valence-corrected chi connectivity index (χ2v) is 5.73. The Hall–Kier alpha value is -0.570. The summed E-state index contributed by atoms with van der Waals surface area (Å²) in [5, 5.41) is 10.5. The summed E-state index contributed by atoms with van der Waals surface area (Å²) >= 11 is 5.93. The van der Waals surface area contributed by atoms with E-state index in [1.807, 2.05) is 12.1 Å². The Labute approximate surface area is 108 Å². The van der Waals surface area contributed by atoms with Crippen molar-refractivity contribution >= 4 is 11.6 Å². The number of halogens is 1. The monoisotopic (exact) mass is 253 g/mol. The van der Waals surface area contributed by atoms with Crippen LogP contribution in [-0.2, 0) is 0 Å². The zero-order valence-corrected chi connectivity index (χ0v) is 11.2. The van der Waals surface area contributed by atoms with Crippen LogP contribution in [0.15, 0.2) is 24.3 Å². The topological polar surface area (TPSA) is 23.5 Å². The molecule has 1 aromatic carbocycles. The first kappa shape index (κ1) is 12.9. The molecule has 1 N–H and O–H groups in total. The van der Waals surface area contributed by atoms with Crippen molar-refractivity contribution in [2.45, 2.75) is 25.3 Å². The van der Waals surface area contributed by atoms with Gasteiger partial charge in [-0.2, -0.15) is 0 Å². The Morgan fingerprint density at radius 1 is 1.29 bits per heavy atom. The largest absolute Gasteiger partial charge is 0.396 e. The first-order valence-electron chi connectivity index (χ1n) is 6.12. The third-order valence-electron chi connectivity index (χ3n) is 3.95. The molecule has 0 saturated heterocycles. The molecule has 2 nitrogen and oxygen atoms in total. The fraction of sp³-hybridized carbons (Fsp3) is 0.571. The van der Waals surface area contributed by atoms with Gasteiger partial charge in [-0.25, -0.2) is 0 Å². The molecule has 1 aliphatic rings. The van der Waals surface area contributed by atoms with Crippen LogP contribution in [0.5, 0.6) is 0 Å². The van der Waals surface area contributed by atoms with Gasteiger partial charge in [0.15, 0.2) is 0 Å². The van der Waals surface area contributed by atoms with Gasteiger partial charge in [-0.15, -0.1) is 0 Å². The van der Waals surface area contributed by atoms with Crippen LogP contribution < -0.4 is 0 Å². The molecule has 1 atom stereocenters. The van der Waals surface area contributed by atoms with Gasteiger partial charge in [0.1, 0.15) is 0 Å². The molecule has 17 heavy (non-hydrogen) atoms. The number of rotatable bonds is 4. The SMILES string of the molecule is CN(C)C(c1ccc(Cl)cc1)C1(CO)CCC1. The van der Waals surface area contributed by atoms with Crippen LogP contribution in [0.2, 0.25) is 5.02 Å². The van der Waals surface area contributed by atoms with E-state index in [-0.39, 0.29) is 18.1 Å². The van der Waals surface area contributed by atoms with Gasteiger partial charge < -0.3 is 10.0 Å². The predicted octanol–water partition coefficient (Wildman–Crippen LogP) is 3.11. The number of nitrogens with zero attached hydrogens (tertiary/aromatic N) is 1. The molecule has 94 valence electrons. The molecule has 0 heterocycles. The Bertz CT molecular complexity index is 365. The van der Waals surface area contributed by atoms with Crippen molar-refractivity contribution in [3.8, 4) is 0 Å². The van der Waals surface area contributed by atoms with E-state index in [1.54, 1.807) is 0 Å². The van der Waals surface area contributed by atoms with Crippen LogP contribution in [0.4, 0.5) is 0 Å². The highest BCUT2D eigenvalue weighted by Crippen LogP contribution is 2.51. The number of aliphatic hydroxyl groups excluding tert-OH is 1. The first-order valence-corrected chi connectivity index (χ1v) is 6.50. The van der Waals surface area contributed by atoms with Gasteiger partial charge >= 0.3 is 0 Å². The van der Waals surface area contributed by atoms with E-state index in [1.165, 1.54) is 12.0 Å².